The Bertz CT molecular complexity index is 434. The molecule has 0 radical (unpaired) electrons. The van der Waals surface area contributed by atoms with E-state index in [0.717, 1.165) is 47.2 Å². The van der Waals surface area contributed by atoms with Gasteiger partial charge in [0.05, 0.1) is 21.8 Å². The van der Waals surface area contributed by atoms with Crippen LogP contribution in [0.4, 0.5) is 0 Å². The van der Waals surface area contributed by atoms with E-state index in [2.05, 4.69) is 15.2 Å². The molecule has 0 bridgehead atoms. The van der Waals surface area contributed by atoms with E-state index in [-0.39, 0.29) is 24.8 Å². The van der Waals surface area contributed by atoms with Crippen LogP contribution in [0.25, 0.3) is 0 Å². The third-order valence-electron chi connectivity index (χ3n) is 2.90. The average Bonchev–Trinajstić information content (AvgIpc) is 2.90. The molecule has 18 heavy (non-hydrogen) atoms. The number of thiophene rings is 1. The predicted octanol–water partition coefficient (Wildman–Crippen LogP) is 3.22. The number of nitrogens with one attached hydrogen (secondary N) is 1. The topological polar surface area (TPSA) is 27.6 Å². The summed E-state index contributed by atoms with van der Waals surface area (Å²) < 4.78 is 1.67. The Morgan fingerprint density at radius 1 is 1.17 bits per heavy atom. The maximum atomic E-state index is 6.13. The number of aliphatic imine (C=N–C) groups is 1. The minimum atomic E-state index is 0. The molecule has 1 aromatic rings. The van der Waals surface area contributed by atoms with Crippen LogP contribution in [0.2, 0.25) is 8.67 Å². The van der Waals surface area contributed by atoms with Gasteiger partial charge in [-0.15, -0.1) is 36.2 Å². The van der Waals surface area contributed by atoms with E-state index in [4.69, 9.17) is 23.2 Å². The highest BCUT2D eigenvalue weighted by Crippen LogP contribution is 2.41. The van der Waals surface area contributed by atoms with Gasteiger partial charge in [-0.1, -0.05) is 23.2 Å². The summed E-state index contributed by atoms with van der Waals surface area (Å²) in [5.74, 6) is 1.08. The zero-order chi connectivity index (χ0) is 11.1. The van der Waals surface area contributed by atoms with Crippen molar-refractivity contribution >= 4 is 65.2 Å². The second-order valence-corrected chi connectivity index (χ2v) is 6.23. The molecule has 2 aliphatic rings. The first-order valence-electron chi connectivity index (χ1n) is 5.19. The van der Waals surface area contributed by atoms with Crippen LogP contribution in [0.5, 0.6) is 0 Å². The molecule has 0 atom stereocenters. The van der Waals surface area contributed by atoms with Crippen molar-refractivity contribution in [2.45, 2.75) is 13.1 Å². The summed E-state index contributed by atoms with van der Waals surface area (Å²) in [6, 6.07) is 0. The monoisotopic (exact) mass is 347 g/mol. The molecule has 0 fully saturated rings. The molecular weight excluding hydrogens is 336 g/mol. The van der Waals surface area contributed by atoms with Gasteiger partial charge in [0.1, 0.15) is 5.84 Å². The molecule has 102 valence electrons. The van der Waals surface area contributed by atoms with Crippen LogP contribution in [0.3, 0.4) is 0 Å². The molecule has 0 unspecified atom stereocenters. The fraction of sp³-hybridized carbons (Fsp3) is 0.500. The van der Waals surface area contributed by atoms with Crippen LogP contribution in [0.15, 0.2) is 4.99 Å². The Labute approximate surface area is 132 Å². The number of nitrogens with zero attached hydrogens (tertiary/aromatic N) is 2. The summed E-state index contributed by atoms with van der Waals surface area (Å²) >= 11 is 13.7. The van der Waals surface area contributed by atoms with Crippen molar-refractivity contribution in [3.8, 4) is 0 Å². The summed E-state index contributed by atoms with van der Waals surface area (Å²) in [7, 11) is 0. The van der Waals surface area contributed by atoms with Gasteiger partial charge in [-0.25, -0.2) is 0 Å². The van der Waals surface area contributed by atoms with Crippen LogP contribution in [0.1, 0.15) is 11.1 Å². The van der Waals surface area contributed by atoms with Crippen molar-refractivity contribution in [1.29, 1.82) is 0 Å². The number of hydrogen-bond donors (Lipinski definition) is 1. The molecule has 0 saturated carbocycles. The fourth-order valence-corrected chi connectivity index (χ4v) is 3.84. The summed E-state index contributed by atoms with van der Waals surface area (Å²) in [6.45, 7) is 4.50. The lowest BCUT2D eigenvalue weighted by Gasteiger charge is -2.15. The van der Waals surface area contributed by atoms with Crippen molar-refractivity contribution in [2.24, 2.45) is 4.99 Å². The fourth-order valence-electron chi connectivity index (χ4n) is 2.13. The third-order valence-corrected chi connectivity index (χ3v) is 4.67. The van der Waals surface area contributed by atoms with E-state index < -0.39 is 0 Å². The minimum absolute atomic E-state index is 0. The van der Waals surface area contributed by atoms with Crippen molar-refractivity contribution in [3.05, 3.63) is 19.8 Å². The van der Waals surface area contributed by atoms with Gasteiger partial charge in [-0.05, 0) is 0 Å². The van der Waals surface area contributed by atoms with Gasteiger partial charge >= 0.3 is 0 Å². The molecule has 0 saturated heterocycles. The Balaban J connectivity index is 0.000000810. The first-order valence-corrected chi connectivity index (χ1v) is 6.76. The van der Waals surface area contributed by atoms with Crippen LogP contribution in [-0.4, -0.2) is 30.4 Å². The Hall–Kier alpha value is 0.290. The number of fused-ring (bicyclic) bond motifs is 1. The smallest absolute Gasteiger partial charge is 0.111 e. The van der Waals surface area contributed by atoms with Crippen LogP contribution in [0, 0.1) is 0 Å². The Kier molecular flexibility index (Phi) is 6.03. The Morgan fingerprint density at radius 3 is 2.28 bits per heavy atom. The highest BCUT2D eigenvalue weighted by atomic mass is 35.5. The highest BCUT2D eigenvalue weighted by Gasteiger charge is 2.27. The molecule has 1 aromatic heterocycles. The van der Waals surface area contributed by atoms with Gasteiger partial charge in [0.2, 0.25) is 0 Å². The zero-order valence-electron chi connectivity index (χ0n) is 9.41. The quantitative estimate of drug-likeness (QED) is 0.888. The largest absolute Gasteiger partial charge is 0.371 e. The summed E-state index contributed by atoms with van der Waals surface area (Å²) in [6.07, 6.45) is 0. The van der Waals surface area contributed by atoms with Gasteiger partial charge in [0.15, 0.2) is 0 Å². The average molecular weight is 349 g/mol. The van der Waals surface area contributed by atoms with Crippen molar-refractivity contribution in [2.75, 3.05) is 19.6 Å². The third kappa shape index (κ3) is 3.06. The lowest BCUT2D eigenvalue weighted by atomic mass is 10.2. The maximum absolute atomic E-state index is 6.13. The normalized spacial score (nSPS) is 17.6. The lowest BCUT2D eigenvalue weighted by Crippen LogP contribution is -2.32. The van der Waals surface area contributed by atoms with Gasteiger partial charge in [-0.3, -0.25) is 9.89 Å². The molecule has 3 nitrogen and oxygen atoms in total. The van der Waals surface area contributed by atoms with E-state index in [1.54, 1.807) is 0 Å². The number of rotatable bonds is 2. The molecule has 0 spiro atoms. The van der Waals surface area contributed by atoms with Gasteiger partial charge in [0, 0.05) is 30.8 Å². The Morgan fingerprint density at radius 2 is 1.78 bits per heavy atom. The van der Waals surface area contributed by atoms with Gasteiger partial charge in [-0.2, -0.15) is 0 Å². The molecule has 0 aliphatic carbocycles. The highest BCUT2D eigenvalue weighted by molar-refractivity contribution is 7.20. The van der Waals surface area contributed by atoms with Crippen LogP contribution in [-0.2, 0) is 13.1 Å². The van der Waals surface area contributed by atoms with Crippen LogP contribution < -0.4 is 5.32 Å². The van der Waals surface area contributed by atoms with E-state index in [1.807, 2.05) is 0 Å². The first kappa shape index (κ1) is 16.3. The van der Waals surface area contributed by atoms with Crippen LogP contribution >= 0.6 is 59.4 Å². The second kappa shape index (κ2) is 6.64. The van der Waals surface area contributed by atoms with Gasteiger partial charge in [0.25, 0.3) is 0 Å². The molecular formula is C10H13Cl4N3S. The SMILES string of the molecule is Cl.Cl.Clc1sc(Cl)c2c1CN(CC1=NCCN1)C2. The van der Waals surface area contributed by atoms with E-state index in [1.165, 1.54) is 22.5 Å². The standard InChI is InChI=1S/C10H11Cl2N3S.2ClH/c11-9-6-3-15(4-7(6)10(12)16-9)5-8-13-1-2-14-8;;/h1-5H2,(H,13,14);2*1H. The molecule has 0 aromatic carbocycles. The predicted molar refractivity (Wildman–Crippen MR) is 83.3 cm³/mol. The zero-order valence-corrected chi connectivity index (χ0v) is 13.4. The molecule has 1 N–H and O–H groups in total. The summed E-state index contributed by atoms with van der Waals surface area (Å²) in [5, 5.41) is 3.28. The van der Waals surface area contributed by atoms with Crippen molar-refractivity contribution in [1.82, 2.24) is 10.2 Å². The molecule has 0 amide bonds. The van der Waals surface area contributed by atoms with Gasteiger partial charge < -0.3 is 5.32 Å². The summed E-state index contributed by atoms with van der Waals surface area (Å²) in [5.41, 5.74) is 2.41. The van der Waals surface area contributed by atoms with Crippen molar-refractivity contribution < 1.29 is 0 Å². The maximum Gasteiger partial charge on any atom is 0.111 e. The molecule has 2 aliphatic heterocycles. The van der Waals surface area contributed by atoms with E-state index in [0.29, 0.717) is 0 Å². The first-order chi connectivity index (χ1) is 7.74. The number of halogens is 4. The molecule has 8 heteroatoms. The molecule has 3 rings (SSSR count). The number of hydrogen-bond acceptors (Lipinski definition) is 4. The molecule has 3 heterocycles. The lowest BCUT2D eigenvalue weighted by molar-refractivity contribution is 0.324. The van der Waals surface area contributed by atoms with E-state index in [9.17, 15) is 0 Å². The minimum Gasteiger partial charge on any atom is -0.371 e. The van der Waals surface area contributed by atoms with Crippen molar-refractivity contribution in [3.63, 3.8) is 0 Å². The van der Waals surface area contributed by atoms with E-state index >= 15 is 0 Å². The summed E-state index contributed by atoms with van der Waals surface area (Å²) in [4.78, 5) is 6.70. The number of amidine groups is 1. The second-order valence-electron chi connectivity index (χ2n) is 4.01.